The van der Waals surface area contributed by atoms with Crippen LogP contribution in [0.25, 0.3) is 33.6 Å². The van der Waals surface area contributed by atoms with E-state index < -0.39 is 29.0 Å². The second kappa shape index (κ2) is 8.31. The molecule has 1 aromatic heterocycles. The normalized spacial score (nSPS) is 16.1. The predicted octanol–water partition coefficient (Wildman–Crippen LogP) is 4.56. The Morgan fingerprint density at radius 1 is 0.553 bits per heavy atom. The lowest BCUT2D eigenvalue weighted by Gasteiger charge is -2.51. The minimum atomic E-state index is -2.18. The van der Waals surface area contributed by atoms with Gasteiger partial charge in [-0.2, -0.15) is 0 Å². The van der Waals surface area contributed by atoms with Gasteiger partial charge in [0.05, 0.1) is 17.1 Å². The summed E-state index contributed by atoms with van der Waals surface area (Å²) in [5, 5.41) is 0. The number of rotatable bonds is 4. The van der Waals surface area contributed by atoms with Crippen molar-refractivity contribution in [3.63, 3.8) is 0 Å². The molecule has 2 fully saturated rings. The van der Waals surface area contributed by atoms with Crippen LogP contribution in [0.3, 0.4) is 0 Å². The maximum Gasteiger partial charge on any atom is 0.285 e. The highest BCUT2D eigenvalue weighted by molar-refractivity contribution is 6.59. The molecule has 0 bridgehead atoms. The fraction of sp³-hybridized carbons (Fsp3) is 0.129. The van der Waals surface area contributed by atoms with E-state index in [0.29, 0.717) is 5.69 Å². The molecule has 1 spiro atoms. The van der Waals surface area contributed by atoms with Crippen LogP contribution in [-0.2, 0) is 19.2 Å². The van der Waals surface area contributed by atoms with Crippen LogP contribution in [0.2, 0.25) is 0 Å². The monoisotopic (exact) mass is 501 g/mol. The first-order chi connectivity index (χ1) is 18.2. The van der Waals surface area contributed by atoms with Gasteiger partial charge in [-0.1, -0.05) is 71.8 Å². The Kier molecular flexibility index (Phi) is 5.14. The summed E-state index contributed by atoms with van der Waals surface area (Å²) in [5.41, 5.74) is 5.86. The standard InChI is InChI=1S/C31H23N3O4/c1-18-4-8-20(9-5-18)23-16-25(21-10-6-19(2)7-11-21)32-26(17-23)22-12-14-24(15-13-22)34-29(37)31(30(34)38)27(35)33(3)28(31)36/h4-17H,1-3H3. The zero-order valence-electron chi connectivity index (χ0n) is 21.1. The van der Waals surface area contributed by atoms with Gasteiger partial charge in [-0.25, -0.2) is 9.88 Å². The molecule has 7 nitrogen and oxygen atoms in total. The molecule has 0 unspecified atom stereocenters. The van der Waals surface area contributed by atoms with Crippen molar-refractivity contribution in [3.8, 4) is 33.6 Å². The van der Waals surface area contributed by atoms with Crippen molar-refractivity contribution in [2.24, 2.45) is 5.41 Å². The highest BCUT2D eigenvalue weighted by Crippen LogP contribution is 2.46. The van der Waals surface area contributed by atoms with E-state index in [1.54, 1.807) is 24.3 Å². The Morgan fingerprint density at radius 3 is 1.45 bits per heavy atom. The number of imide groups is 2. The summed E-state index contributed by atoms with van der Waals surface area (Å²) in [6.07, 6.45) is 0. The Labute approximate surface area is 219 Å². The van der Waals surface area contributed by atoms with E-state index in [0.717, 1.165) is 49.0 Å². The van der Waals surface area contributed by atoms with Crippen molar-refractivity contribution in [2.75, 3.05) is 11.9 Å². The number of likely N-dealkylation sites (tertiary alicyclic amines) is 1. The van der Waals surface area contributed by atoms with Gasteiger partial charge in [0.25, 0.3) is 29.0 Å². The maximum atomic E-state index is 12.8. The molecule has 2 aliphatic heterocycles. The summed E-state index contributed by atoms with van der Waals surface area (Å²) in [5.74, 6) is -3.15. The lowest BCUT2D eigenvalue weighted by molar-refractivity contribution is -0.184. The smallest absolute Gasteiger partial charge is 0.282 e. The average Bonchev–Trinajstić information content (AvgIpc) is 2.94. The SMILES string of the molecule is Cc1ccc(-c2cc(-c3ccc(C)cc3)nc(-c3ccc(N4C(=O)C5(C(=O)N(C)C5=O)C4=O)cc3)c2)cc1. The highest BCUT2D eigenvalue weighted by atomic mass is 16.2. The molecule has 0 saturated carbocycles. The van der Waals surface area contributed by atoms with Crippen LogP contribution in [0.5, 0.6) is 0 Å². The van der Waals surface area contributed by atoms with E-state index in [1.807, 2.05) is 44.2 Å². The number of aryl methyl sites for hydroxylation is 2. The molecule has 4 amide bonds. The third-order valence-electron chi connectivity index (χ3n) is 7.28. The van der Waals surface area contributed by atoms with E-state index in [1.165, 1.54) is 12.6 Å². The number of hydrogen-bond donors (Lipinski definition) is 0. The second-order valence-corrected chi connectivity index (χ2v) is 9.77. The van der Waals surface area contributed by atoms with Gasteiger partial charge in [0.1, 0.15) is 0 Å². The molecule has 3 heterocycles. The Hall–Kier alpha value is -4.91. The Balaban J connectivity index is 1.36. The summed E-state index contributed by atoms with van der Waals surface area (Å²) in [6.45, 7) is 4.09. The number of anilines is 1. The van der Waals surface area contributed by atoms with Crippen LogP contribution in [0.4, 0.5) is 5.69 Å². The number of hydrogen-bond acceptors (Lipinski definition) is 5. The summed E-state index contributed by atoms with van der Waals surface area (Å²) < 4.78 is 0. The second-order valence-electron chi connectivity index (χ2n) is 9.77. The van der Waals surface area contributed by atoms with Gasteiger partial charge in [-0.05, 0) is 49.2 Å². The molecule has 4 aromatic rings. The number of pyridine rings is 1. The summed E-state index contributed by atoms with van der Waals surface area (Å²) >= 11 is 0. The molecule has 0 radical (unpaired) electrons. The van der Waals surface area contributed by atoms with Crippen molar-refractivity contribution in [1.82, 2.24) is 9.88 Å². The number of amides is 4. The molecule has 0 aliphatic carbocycles. The number of nitrogens with zero attached hydrogens (tertiary/aromatic N) is 3. The maximum absolute atomic E-state index is 12.8. The predicted molar refractivity (Wildman–Crippen MR) is 143 cm³/mol. The first-order valence-corrected chi connectivity index (χ1v) is 12.2. The van der Waals surface area contributed by atoms with Crippen LogP contribution in [0, 0.1) is 19.3 Å². The molecule has 0 N–H and O–H groups in total. The molecular weight excluding hydrogens is 478 g/mol. The minimum absolute atomic E-state index is 0.304. The van der Waals surface area contributed by atoms with E-state index >= 15 is 0 Å². The largest absolute Gasteiger partial charge is 0.285 e. The molecule has 38 heavy (non-hydrogen) atoms. The molecule has 186 valence electrons. The fourth-order valence-corrected chi connectivity index (χ4v) is 4.95. The molecule has 6 rings (SSSR count). The zero-order valence-corrected chi connectivity index (χ0v) is 21.1. The van der Waals surface area contributed by atoms with Crippen LogP contribution in [0.1, 0.15) is 11.1 Å². The zero-order chi connectivity index (χ0) is 26.8. The Bertz CT molecular complexity index is 1560. The molecule has 0 atom stereocenters. The van der Waals surface area contributed by atoms with Crippen molar-refractivity contribution in [3.05, 3.63) is 96.1 Å². The van der Waals surface area contributed by atoms with Gasteiger partial charge in [0, 0.05) is 18.2 Å². The number of aromatic nitrogens is 1. The third kappa shape index (κ3) is 3.25. The number of carbonyl (C=O) groups excluding carboxylic acids is 4. The fourth-order valence-electron chi connectivity index (χ4n) is 4.95. The summed E-state index contributed by atoms with van der Waals surface area (Å²) in [4.78, 5) is 56.5. The van der Waals surface area contributed by atoms with Crippen LogP contribution in [0.15, 0.2) is 84.9 Å². The average molecular weight is 502 g/mol. The van der Waals surface area contributed by atoms with Gasteiger partial charge in [0.15, 0.2) is 0 Å². The van der Waals surface area contributed by atoms with Gasteiger partial charge in [0.2, 0.25) is 0 Å². The van der Waals surface area contributed by atoms with Crippen LogP contribution < -0.4 is 4.90 Å². The molecule has 2 saturated heterocycles. The van der Waals surface area contributed by atoms with E-state index in [9.17, 15) is 19.2 Å². The topological polar surface area (TPSA) is 87.7 Å². The van der Waals surface area contributed by atoms with Crippen molar-refractivity contribution in [1.29, 1.82) is 0 Å². The molecular formula is C31H23N3O4. The summed E-state index contributed by atoms with van der Waals surface area (Å²) in [7, 11) is 1.26. The number of carbonyl (C=O) groups is 4. The third-order valence-corrected chi connectivity index (χ3v) is 7.28. The van der Waals surface area contributed by atoms with Gasteiger partial charge in [-0.15, -0.1) is 0 Å². The van der Waals surface area contributed by atoms with E-state index in [4.69, 9.17) is 4.98 Å². The van der Waals surface area contributed by atoms with E-state index in [-0.39, 0.29) is 0 Å². The van der Waals surface area contributed by atoms with Crippen LogP contribution in [-0.4, -0.2) is 40.6 Å². The summed E-state index contributed by atoms with van der Waals surface area (Å²) in [6, 6.07) is 27.3. The Morgan fingerprint density at radius 2 is 0.974 bits per heavy atom. The van der Waals surface area contributed by atoms with Crippen molar-refractivity contribution >= 4 is 29.3 Å². The number of β-lactam (4-membered cyclic amide) rings is 4. The van der Waals surface area contributed by atoms with E-state index in [2.05, 4.69) is 30.3 Å². The van der Waals surface area contributed by atoms with Crippen molar-refractivity contribution in [2.45, 2.75) is 13.8 Å². The number of benzene rings is 3. The first kappa shape index (κ1) is 23.5. The van der Waals surface area contributed by atoms with Gasteiger partial charge >= 0.3 is 0 Å². The quantitative estimate of drug-likeness (QED) is 0.302. The lowest BCUT2D eigenvalue weighted by atomic mass is 9.69. The molecule has 3 aromatic carbocycles. The lowest BCUT2D eigenvalue weighted by Crippen LogP contribution is -2.83. The van der Waals surface area contributed by atoms with Gasteiger partial charge in [-0.3, -0.25) is 24.1 Å². The molecule has 2 aliphatic rings. The highest BCUT2D eigenvalue weighted by Gasteiger charge is 2.79. The van der Waals surface area contributed by atoms with Crippen molar-refractivity contribution < 1.29 is 19.2 Å². The molecule has 7 heteroatoms. The first-order valence-electron chi connectivity index (χ1n) is 12.2. The van der Waals surface area contributed by atoms with Gasteiger partial charge < -0.3 is 0 Å². The minimum Gasteiger partial charge on any atom is -0.282 e. The van der Waals surface area contributed by atoms with Crippen LogP contribution >= 0.6 is 0 Å².